The van der Waals surface area contributed by atoms with E-state index in [1.807, 2.05) is 19.3 Å². The van der Waals surface area contributed by atoms with Gasteiger partial charge in [-0.15, -0.1) is 0 Å². The van der Waals surface area contributed by atoms with Crippen molar-refractivity contribution >= 4 is 28.8 Å². The standard InChI is InChI=1S/C22H22N6O3/c1-3-20(29)25-16-5-4-6-18(11-16)31-21-19(15-7-9-30-10-8-15)13-23-22(27-21)26-17-12-24-28(2)14-17/h3-7,11-14H,1,8-10H2,2H3,(H,25,29)(H,23,26,27). The summed E-state index contributed by atoms with van der Waals surface area (Å²) in [6.45, 7) is 4.63. The van der Waals surface area contributed by atoms with Crippen molar-refractivity contribution in [3.8, 4) is 11.6 Å². The summed E-state index contributed by atoms with van der Waals surface area (Å²) in [7, 11) is 1.83. The van der Waals surface area contributed by atoms with Crippen molar-refractivity contribution in [1.29, 1.82) is 0 Å². The predicted octanol–water partition coefficient (Wildman–Crippen LogP) is 3.67. The van der Waals surface area contributed by atoms with Crippen LogP contribution in [-0.4, -0.2) is 38.9 Å². The molecule has 9 heteroatoms. The van der Waals surface area contributed by atoms with Crippen molar-refractivity contribution in [2.24, 2.45) is 7.05 Å². The predicted molar refractivity (Wildman–Crippen MR) is 117 cm³/mol. The molecular weight excluding hydrogens is 396 g/mol. The SMILES string of the molecule is C=CC(=O)Nc1cccc(Oc2nc(Nc3cnn(C)c3)ncc2C2=CCOCC2)c1. The van der Waals surface area contributed by atoms with E-state index in [0.29, 0.717) is 36.5 Å². The van der Waals surface area contributed by atoms with Crippen LogP contribution in [0.2, 0.25) is 0 Å². The molecule has 1 aliphatic heterocycles. The first kappa shape index (κ1) is 20.3. The first-order chi connectivity index (χ1) is 15.1. The number of aromatic nitrogens is 4. The van der Waals surface area contributed by atoms with Gasteiger partial charge < -0.3 is 20.1 Å². The summed E-state index contributed by atoms with van der Waals surface area (Å²) in [4.78, 5) is 20.6. The molecule has 3 heterocycles. The number of nitrogens with one attached hydrogen (secondary N) is 2. The van der Waals surface area contributed by atoms with E-state index in [-0.39, 0.29) is 5.91 Å². The molecule has 2 N–H and O–H groups in total. The van der Waals surface area contributed by atoms with E-state index >= 15 is 0 Å². The fraction of sp³-hybridized carbons (Fsp3) is 0.182. The number of amides is 1. The number of ether oxygens (including phenoxy) is 2. The van der Waals surface area contributed by atoms with E-state index in [1.165, 1.54) is 6.08 Å². The largest absolute Gasteiger partial charge is 0.438 e. The summed E-state index contributed by atoms with van der Waals surface area (Å²) in [5.74, 6) is 1.02. The Labute approximate surface area is 179 Å². The van der Waals surface area contributed by atoms with Crippen LogP contribution < -0.4 is 15.4 Å². The maximum absolute atomic E-state index is 11.6. The zero-order valence-corrected chi connectivity index (χ0v) is 17.0. The second-order valence-electron chi connectivity index (χ2n) is 6.82. The Morgan fingerprint density at radius 1 is 1.32 bits per heavy atom. The minimum atomic E-state index is -0.296. The fourth-order valence-corrected chi connectivity index (χ4v) is 3.05. The van der Waals surface area contributed by atoms with Crippen LogP contribution in [0.15, 0.2) is 61.6 Å². The highest BCUT2D eigenvalue weighted by Gasteiger charge is 2.16. The molecule has 0 bridgehead atoms. The van der Waals surface area contributed by atoms with Crippen molar-refractivity contribution < 1.29 is 14.3 Å². The number of anilines is 3. The number of nitrogens with zero attached hydrogens (tertiary/aromatic N) is 4. The van der Waals surface area contributed by atoms with Gasteiger partial charge in [0.2, 0.25) is 17.7 Å². The van der Waals surface area contributed by atoms with Crippen molar-refractivity contribution in [1.82, 2.24) is 19.7 Å². The van der Waals surface area contributed by atoms with Crippen molar-refractivity contribution in [3.63, 3.8) is 0 Å². The Kier molecular flexibility index (Phi) is 6.04. The number of hydrogen-bond acceptors (Lipinski definition) is 7. The van der Waals surface area contributed by atoms with Gasteiger partial charge in [-0.2, -0.15) is 10.1 Å². The van der Waals surface area contributed by atoms with E-state index in [0.717, 1.165) is 23.2 Å². The Hall–Kier alpha value is -3.98. The average Bonchev–Trinajstić information content (AvgIpc) is 3.19. The molecule has 9 nitrogen and oxygen atoms in total. The van der Waals surface area contributed by atoms with Gasteiger partial charge in [0.15, 0.2) is 0 Å². The quantitative estimate of drug-likeness (QED) is 0.564. The second-order valence-corrected chi connectivity index (χ2v) is 6.82. The second kappa shape index (κ2) is 9.23. The van der Waals surface area contributed by atoms with Gasteiger partial charge in [-0.25, -0.2) is 4.98 Å². The van der Waals surface area contributed by atoms with Gasteiger partial charge in [-0.1, -0.05) is 18.7 Å². The highest BCUT2D eigenvalue weighted by atomic mass is 16.5. The van der Waals surface area contributed by atoms with Crippen LogP contribution >= 0.6 is 0 Å². The lowest BCUT2D eigenvalue weighted by Crippen LogP contribution is -2.08. The van der Waals surface area contributed by atoms with E-state index in [4.69, 9.17) is 9.47 Å². The van der Waals surface area contributed by atoms with E-state index < -0.39 is 0 Å². The number of carbonyl (C=O) groups is 1. The molecule has 158 valence electrons. The van der Waals surface area contributed by atoms with E-state index in [9.17, 15) is 4.79 Å². The molecule has 31 heavy (non-hydrogen) atoms. The highest BCUT2D eigenvalue weighted by molar-refractivity contribution is 5.98. The molecule has 3 aromatic rings. The highest BCUT2D eigenvalue weighted by Crippen LogP contribution is 2.33. The minimum absolute atomic E-state index is 0.296. The Bertz CT molecular complexity index is 1140. The van der Waals surface area contributed by atoms with Crippen LogP contribution in [0.5, 0.6) is 11.6 Å². The van der Waals surface area contributed by atoms with Gasteiger partial charge in [0.1, 0.15) is 5.75 Å². The Morgan fingerprint density at radius 3 is 2.97 bits per heavy atom. The summed E-state index contributed by atoms with van der Waals surface area (Å²) < 4.78 is 13.2. The first-order valence-electron chi connectivity index (χ1n) is 9.72. The summed E-state index contributed by atoms with van der Waals surface area (Å²) >= 11 is 0. The van der Waals surface area contributed by atoms with Crippen molar-refractivity contribution in [2.45, 2.75) is 6.42 Å². The summed E-state index contributed by atoms with van der Waals surface area (Å²) in [6.07, 6.45) is 9.20. The summed E-state index contributed by atoms with van der Waals surface area (Å²) in [6, 6.07) is 7.07. The van der Waals surface area contributed by atoms with Gasteiger partial charge in [-0.05, 0) is 30.2 Å². The van der Waals surface area contributed by atoms with Gasteiger partial charge in [0.05, 0.1) is 30.7 Å². The van der Waals surface area contributed by atoms with Crippen LogP contribution in [0.4, 0.5) is 17.3 Å². The maximum Gasteiger partial charge on any atom is 0.247 e. The summed E-state index contributed by atoms with van der Waals surface area (Å²) in [5, 5.41) is 9.99. The van der Waals surface area contributed by atoms with Crippen LogP contribution in [0.3, 0.4) is 0 Å². The molecule has 0 fully saturated rings. The topological polar surface area (TPSA) is 103 Å². The van der Waals surface area contributed by atoms with Crippen LogP contribution in [0, 0.1) is 0 Å². The average molecular weight is 418 g/mol. The number of aryl methyl sites for hydroxylation is 1. The minimum Gasteiger partial charge on any atom is -0.438 e. The molecule has 0 atom stereocenters. The third kappa shape index (κ3) is 5.14. The third-order valence-corrected chi connectivity index (χ3v) is 4.53. The van der Waals surface area contributed by atoms with Crippen molar-refractivity contribution in [2.75, 3.05) is 23.8 Å². The lowest BCUT2D eigenvalue weighted by Gasteiger charge is -2.17. The molecule has 1 amide bonds. The molecule has 1 aromatic carbocycles. The lowest BCUT2D eigenvalue weighted by molar-refractivity contribution is -0.111. The van der Waals surface area contributed by atoms with Gasteiger partial charge in [0.25, 0.3) is 0 Å². The zero-order chi connectivity index (χ0) is 21.6. The van der Waals surface area contributed by atoms with Crippen LogP contribution in [0.25, 0.3) is 5.57 Å². The number of benzene rings is 1. The van der Waals surface area contributed by atoms with Gasteiger partial charge >= 0.3 is 0 Å². The molecule has 0 saturated carbocycles. The fourth-order valence-electron chi connectivity index (χ4n) is 3.05. The third-order valence-electron chi connectivity index (χ3n) is 4.53. The molecule has 1 aliphatic rings. The Balaban J connectivity index is 1.65. The van der Waals surface area contributed by atoms with Crippen LogP contribution in [0.1, 0.15) is 12.0 Å². The molecule has 2 aromatic heterocycles. The molecule has 0 saturated heterocycles. The molecule has 0 unspecified atom stereocenters. The lowest BCUT2D eigenvalue weighted by atomic mass is 10.0. The number of hydrogen-bond donors (Lipinski definition) is 2. The first-order valence-corrected chi connectivity index (χ1v) is 9.72. The monoisotopic (exact) mass is 418 g/mol. The zero-order valence-electron chi connectivity index (χ0n) is 17.0. The van der Waals surface area contributed by atoms with Gasteiger partial charge in [0, 0.05) is 31.2 Å². The molecule has 0 radical (unpaired) electrons. The molecule has 0 aliphatic carbocycles. The van der Waals surface area contributed by atoms with E-state index in [1.54, 1.807) is 41.3 Å². The molecular formula is C22H22N6O3. The maximum atomic E-state index is 11.6. The Morgan fingerprint density at radius 2 is 2.23 bits per heavy atom. The number of rotatable bonds is 7. The normalized spacial score (nSPS) is 13.3. The van der Waals surface area contributed by atoms with Crippen molar-refractivity contribution in [3.05, 3.63) is 67.2 Å². The molecule has 4 rings (SSSR count). The molecule has 0 spiro atoms. The number of carbonyl (C=O) groups excluding carboxylic acids is 1. The van der Waals surface area contributed by atoms with E-state index in [2.05, 4.69) is 32.3 Å². The smallest absolute Gasteiger partial charge is 0.247 e. The van der Waals surface area contributed by atoms with Crippen LogP contribution in [-0.2, 0) is 16.6 Å². The van der Waals surface area contributed by atoms with Gasteiger partial charge in [-0.3, -0.25) is 9.48 Å². The summed E-state index contributed by atoms with van der Waals surface area (Å²) in [5.41, 5.74) is 3.21.